The number of rotatable bonds is 3. The van der Waals surface area contributed by atoms with E-state index in [2.05, 4.69) is 19.2 Å². The Balaban J connectivity index is 2.29. The van der Waals surface area contributed by atoms with Gasteiger partial charge in [0.15, 0.2) is 0 Å². The summed E-state index contributed by atoms with van der Waals surface area (Å²) >= 11 is 0. The molecule has 2 atom stereocenters. The second kappa shape index (κ2) is 4.21. The van der Waals surface area contributed by atoms with Gasteiger partial charge in [0.05, 0.1) is 19.3 Å². The molecule has 2 unspecified atom stereocenters. The van der Waals surface area contributed by atoms with E-state index in [0.717, 1.165) is 19.6 Å². The van der Waals surface area contributed by atoms with Crippen molar-refractivity contribution < 1.29 is 9.47 Å². The largest absolute Gasteiger partial charge is 0.382 e. The zero-order valence-corrected chi connectivity index (χ0v) is 8.22. The summed E-state index contributed by atoms with van der Waals surface area (Å²) in [5.74, 6) is 0. The second-order valence-corrected chi connectivity index (χ2v) is 3.68. The summed E-state index contributed by atoms with van der Waals surface area (Å²) in [5.41, 5.74) is 0.171. The maximum atomic E-state index is 5.64. The monoisotopic (exact) mass is 173 g/mol. The summed E-state index contributed by atoms with van der Waals surface area (Å²) in [6.07, 6.45) is 1.34. The fourth-order valence-electron chi connectivity index (χ4n) is 1.29. The molecule has 0 saturated carbocycles. The molecule has 0 bridgehead atoms. The number of nitrogens with one attached hydrogen (secondary N) is 1. The van der Waals surface area contributed by atoms with Gasteiger partial charge in [-0.15, -0.1) is 0 Å². The standard InChI is InChI=1S/C9H19NO2/c1-4-9(2)7-12-8(5-10-9)6-11-3/h8,10H,4-7H2,1-3H3. The van der Waals surface area contributed by atoms with Crippen molar-refractivity contribution >= 4 is 0 Å². The van der Waals surface area contributed by atoms with E-state index >= 15 is 0 Å². The Hall–Kier alpha value is -0.120. The highest BCUT2D eigenvalue weighted by Gasteiger charge is 2.29. The highest BCUT2D eigenvalue weighted by Crippen LogP contribution is 2.15. The van der Waals surface area contributed by atoms with E-state index in [4.69, 9.17) is 9.47 Å². The van der Waals surface area contributed by atoms with Crippen molar-refractivity contribution in [3.63, 3.8) is 0 Å². The molecule has 0 aromatic rings. The fourth-order valence-corrected chi connectivity index (χ4v) is 1.29. The molecule has 0 aromatic carbocycles. The highest BCUT2D eigenvalue weighted by molar-refractivity contribution is 4.86. The summed E-state index contributed by atoms with van der Waals surface area (Å²) in [5, 5.41) is 3.48. The molecule has 3 nitrogen and oxygen atoms in total. The van der Waals surface area contributed by atoms with Gasteiger partial charge in [-0.1, -0.05) is 6.92 Å². The topological polar surface area (TPSA) is 30.5 Å². The third-order valence-corrected chi connectivity index (χ3v) is 2.53. The summed E-state index contributed by atoms with van der Waals surface area (Å²) in [7, 11) is 1.71. The van der Waals surface area contributed by atoms with E-state index in [1.807, 2.05) is 0 Å². The van der Waals surface area contributed by atoms with Crippen LogP contribution in [0.15, 0.2) is 0 Å². The van der Waals surface area contributed by atoms with Crippen molar-refractivity contribution in [2.75, 3.05) is 26.9 Å². The molecule has 72 valence electrons. The molecule has 1 N–H and O–H groups in total. The lowest BCUT2D eigenvalue weighted by molar-refractivity contribution is -0.0595. The zero-order chi connectivity index (χ0) is 9.03. The first-order valence-electron chi connectivity index (χ1n) is 4.56. The molecule has 12 heavy (non-hydrogen) atoms. The summed E-state index contributed by atoms with van der Waals surface area (Å²) in [6, 6.07) is 0. The first-order valence-corrected chi connectivity index (χ1v) is 4.56. The van der Waals surface area contributed by atoms with Crippen LogP contribution in [-0.4, -0.2) is 38.5 Å². The van der Waals surface area contributed by atoms with Crippen molar-refractivity contribution in [3.05, 3.63) is 0 Å². The number of methoxy groups -OCH3 is 1. The van der Waals surface area contributed by atoms with Gasteiger partial charge in [-0.05, 0) is 13.3 Å². The molecule has 1 saturated heterocycles. The molecule has 0 radical (unpaired) electrons. The molecule has 1 heterocycles. The molecule has 0 amide bonds. The second-order valence-electron chi connectivity index (χ2n) is 3.68. The average Bonchev–Trinajstić information content (AvgIpc) is 2.10. The molecule has 1 rings (SSSR count). The molecule has 1 aliphatic rings. The van der Waals surface area contributed by atoms with Gasteiger partial charge >= 0.3 is 0 Å². The van der Waals surface area contributed by atoms with Crippen molar-refractivity contribution in [3.8, 4) is 0 Å². The first kappa shape index (κ1) is 9.96. The van der Waals surface area contributed by atoms with Crippen molar-refractivity contribution in [1.29, 1.82) is 0 Å². The van der Waals surface area contributed by atoms with Gasteiger partial charge in [-0.25, -0.2) is 0 Å². The van der Waals surface area contributed by atoms with Crippen LogP contribution in [0.2, 0.25) is 0 Å². The zero-order valence-electron chi connectivity index (χ0n) is 8.22. The van der Waals surface area contributed by atoms with Crippen molar-refractivity contribution in [2.45, 2.75) is 31.9 Å². The Kier molecular flexibility index (Phi) is 3.50. The van der Waals surface area contributed by atoms with E-state index < -0.39 is 0 Å². The van der Waals surface area contributed by atoms with Crippen LogP contribution < -0.4 is 5.32 Å². The van der Waals surface area contributed by atoms with Crippen LogP contribution in [0, 0.1) is 0 Å². The van der Waals surface area contributed by atoms with E-state index in [9.17, 15) is 0 Å². The maximum absolute atomic E-state index is 5.64. The Morgan fingerprint density at radius 2 is 2.42 bits per heavy atom. The number of hydrogen-bond donors (Lipinski definition) is 1. The maximum Gasteiger partial charge on any atom is 0.0933 e. The minimum Gasteiger partial charge on any atom is -0.382 e. The Morgan fingerprint density at radius 3 is 2.83 bits per heavy atom. The lowest BCUT2D eigenvalue weighted by Crippen LogP contribution is -2.55. The molecule has 3 heteroatoms. The lowest BCUT2D eigenvalue weighted by Gasteiger charge is -2.37. The Bertz CT molecular complexity index is 130. The van der Waals surface area contributed by atoms with Gasteiger partial charge in [0.1, 0.15) is 0 Å². The van der Waals surface area contributed by atoms with E-state index in [1.165, 1.54) is 0 Å². The van der Waals surface area contributed by atoms with Crippen LogP contribution >= 0.6 is 0 Å². The summed E-state index contributed by atoms with van der Waals surface area (Å²) in [4.78, 5) is 0. The third-order valence-electron chi connectivity index (χ3n) is 2.53. The Morgan fingerprint density at radius 1 is 1.67 bits per heavy atom. The first-order chi connectivity index (χ1) is 5.70. The van der Waals surface area contributed by atoms with Crippen molar-refractivity contribution in [1.82, 2.24) is 5.32 Å². The van der Waals surface area contributed by atoms with Gasteiger partial charge in [0.25, 0.3) is 0 Å². The van der Waals surface area contributed by atoms with Gasteiger partial charge in [0, 0.05) is 19.2 Å². The average molecular weight is 173 g/mol. The molecule has 0 aliphatic carbocycles. The van der Waals surface area contributed by atoms with E-state index in [-0.39, 0.29) is 11.6 Å². The van der Waals surface area contributed by atoms with Gasteiger partial charge in [-0.3, -0.25) is 0 Å². The summed E-state index contributed by atoms with van der Waals surface area (Å²) in [6.45, 7) is 6.74. The van der Waals surface area contributed by atoms with E-state index in [1.54, 1.807) is 7.11 Å². The quantitative estimate of drug-likeness (QED) is 0.684. The fraction of sp³-hybridized carbons (Fsp3) is 1.00. The highest BCUT2D eigenvalue weighted by atomic mass is 16.5. The minimum absolute atomic E-state index is 0.171. The summed E-state index contributed by atoms with van der Waals surface area (Å²) < 4.78 is 10.7. The van der Waals surface area contributed by atoms with Crippen molar-refractivity contribution in [2.24, 2.45) is 0 Å². The van der Waals surface area contributed by atoms with Gasteiger partial charge < -0.3 is 14.8 Å². The van der Waals surface area contributed by atoms with Crippen LogP contribution in [-0.2, 0) is 9.47 Å². The molecular formula is C9H19NO2. The van der Waals surface area contributed by atoms with Gasteiger partial charge in [-0.2, -0.15) is 0 Å². The predicted octanol–water partition coefficient (Wildman–Crippen LogP) is 0.790. The van der Waals surface area contributed by atoms with Crippen LogP contribution in [0.3, 0.4) is 0 Å². The smallest absolute Gasteiger partial charge is 0.0933 e. The normalized spacial score (nSPS) is 36.8. The van der Waals surface area contributed by atoms with Crippen LogP contribution in [0.4, 0.5) is 0 Å². The third kappa shape index (κ3) is 2.44. The minimum atomic E-state index is 0.171. The Labute approximate surface area is 74.4 Å². The van der Waals surface area contributed by atoms with Gasteiger partial charge in [0.2, 0.25) is 0 Å². The molecule has 1 aliphatic heterocycles. The predicted molar refractivity (Wildman–Crippen MR) is 48.3 cm³/mol. The van der Waals surface area contributed by atoms with E-state index in [0.29, 0.717) is 6.61 Å². The molecule has 0 aromatic heterocycles. The van der Waals surface area contributed by atoms with Crippen LogP contribution in [0.5, 0.6) is 0 Å². The molecule has 0 spiro atoms. The molecule has 1 fully saturated rings. The number of ether oxygens (including phenoxy) is 2. The number of morpholine rings is 1. The lowest BCUT2D eigenvalue weighted by atomic mass is 9.98. The number of hydrogen-bond acceptors (Lipinski definition) is 3. The van der Waals surface area contributed by atoms with Crippen LogP contribution in [0.1, 0.15) is 20.3 Å². The van der Waals surface area contributed by atoms with Crippen LogP contribution in [0.25, 0.3) is 0 Å². The SMILES string of the molecule is CCC1(C)COC(COC)CN1. The molecular weight excluding hydrogens is 154 g/mol.